The second-order valence-corrected chi connectivity index (χ2v) is 23.2. The molecule has 7 N–H and O–H groups in total. The number of hydrogen-bond acceptors (Lipinski definition) is 7. The third-order valence-electron chi connectivity index (χ3n) is 21.4. The van der Waals surface area contributed by atoms with E-state index in [1.165, 1.54) is 0 Å². The van der Waals surface area contributed by atoms with Gasteiger partial charge in [-0.2, -0.15) is 0 Å². The van der Waals surface area contributed by atoms with E-state index in [-0.39, 0.29) is 111 Å². The molecule has 0 saturated heterocycles. The van der Waals surface area contributed by atoms with Gasteiger partial charge in [0.1, 0.15) is 0 Å². The highest BCUT2D eigenvalue weighted by Crippen LogP contribution is 2.71. The average molecular weight is 812 g/mol. The largest absolute Gasteiger partial charge is 0.481 e. The predicted octanol–water partition coefficient (Wildman–Crippen LogP) is 7.34. The monoisotopic (exact) mass is 812 g/mol. The summed E-state index contributed by atoms with van der Waals surface area (Å²) in [6, 6.07) is 0.0863. The average Bonchev–Trinajstić information content (AvgIpc) is 3.75. The molecular weight excluding hydrogens is 731 g/mol. The minimum absolute atomic E-state index is 0.00428. The van der Waals surface area contributed by atoms with Gasteiger partial charge < -0.3 is 36.0 Å². The van der Waals surface area contributed by atoms with Crippen LogP contribution in [0.5, 0.6) is 0 Å². The molecule has 8 saturated carbocycles. The molecule has 0 spiro atoms. The minimum atomic E-state index is -0.759. The van der Waals surface area contributed by atoms with Crippen molar-refractivity contribution in [3.8, 4) is 0 Å². The lowest BCUT2D eigenvalue weighted by atomic mass is 9.42. The van der Waals surface area contributed by atoms with Crippen LogP contribution in [0.3, 0.4) is 0 Å². The number of rotatable bonds is 10. The molecule has 58 heavy (non-hydrogen) atoms. The molecule has 0 aromatic rings. The maximum Gasteiger partial charge on any atom is 0.303 e. The van der Waals surface area contributed by atoms with Gasteiger partial charge in [-0.1, -0.05) is 41.5 Å². The summed E-state index contributed by atoms with van der Waals surface area (Å²) in [7, 11) is 0. The highest BCUT2D eigenvalue weighted by Gasteiger charge is 2.68. The molecule has 9 heteroatoms. The Kier molecular flexibility index (Phi) is 11.8. The number of hydrogen-bond donors (Lipinski definition) is 7. The van der Waals surface area contributed by atoms with Gasteiger partial charge in [-0.25, -0.2) is 0 Å². The smallest absolute Gasteiger partial charge is 0.303 e. The summed E-state index contributed by atoms with van der Waals surface area (Å²) < 4.78 is 0. The number of aliphatic hydroxyl groups excluding tert-OH is 5. The van der Waals surface area contributed by atoms with Crippen LogP contribution in [0.2, 0.25) is 0 Å². The maximum atomic E-state index is 13.7. The number of fused-ring (bicyclic) bond motifs is 10. The predicted molar refractivity (Wildman–Crippen MR) is 223 cm³/mol. The molecule has 22 atom stereocenters. The molecule has 8 aliphatic rings. The molecule has 330 valence electrons. The summed E-state index contributed by atoms with van der Waals surface area (Å²) in [6.07, 6.45) is 13.3. The molecule has 8 rings (SSSR count). The SMILES string of the molecule is CCC12[C@@H]([C@H](C)CCC(=O)O)CC[C@H]1[C@@H]1[C@H](O)C[C@@H]3C[C@@H](NC(=O)CC[C@@H](C)[C@H]4CC[C@H]5[C@@H]6[C@H](O)C[C@@H]7C[C@H](O)CC[C@]7(C)[C@H]6C[C@H](O)[C@]45C)CC[C@]3(C)[C@H]1C[C@@H]2O. The van der Waals surface area contributed by atoms with E-state index in [1.807, 2.05) is 0 Å². The molecule has 8 fully saturated rings. The number of carboxylic acids is 1. The van der Waals surface area contributed by atoms with Crippen molar-refractivity contribution in [2.75, 3.05) is 0 Å². The first kappa shape index (κ1) is 43.4. The van der Waals surface area contributed by atoms with Crippen molar-refractivity contribution in [3.05, 3.63) is 0 Å². The van der Waals surface area contributed by atoms with Crippen molar-refractivity contribution in [1.82, 2.24) is 5.32 Å². The molecule has 9 nitrogen and oxygen atoms in total. The van der Waals surface area contributed by atoms with Crippen LogP contribution < -0.4 is 5.32 Å². The van der Waals surface area contributed by atoms with Crippen LogP contribution in [0.4, 0.5) is 0 Å². The quantitative estimate of drug-likeness (QED) is 0.120. The second-order valence-electron chi connectivity index (χ2n) is 23.2. The van der Waals surface area contributed by atoms with Gasteiger partial charge in [0, 0.05) is 24.3 Å². The van der Waals surface area contributed by atoms with Gasteiger partial charge in [0.25, 0.3) is 0 Å². The standard InChI is InChI=1S/C49H81NO8/c1-7-49-33(27(3)9-15-43(57)58)11-13-35(49)45-37(25-41(49)55)46(4)18-16-30(20-28(46)22-39(45)53)50-42(56)14-8-26(2)32-10-12-34-44-36(24-40(54)48(32,34)6)47(5)19-17-31(51)21-29(47)23-38(44)52/h26-41,44-45,51-55H,7-25H2,1-6H3,(H,50,56)(H,57,58)/t26-,27-,28+,29+,30+,31-,32-,33-,34+,35+,36+,37+,38-,39-,40+,41+,44+,45+,46+,47+,48-,49?/m1/s1. The van der Waals surface area contributed by atoms with Crippen molar-refractivity contribution in [2.24, 2.45) is 92.7 Å². The lowest BCUT2D eigenvalue weighted by molar-refractivity contribution is -0.208. The lowest BCUT2D eigenvalue weighted by Crippen LogP contribution is -2.63. The van der Waals surface area contributed by atoms with Gasteiger partial charge in [0.15, 0.2) is 0 Å². The van der Waals surface area contributed by atoms with Gasteiger partial charge in [0.05, 0.1) is 30.5 Å². The number of carbonyl (C=O) groups is 2. The zero-order chi connectivity index (χ0) is 41.7. The van der Waals surface area contributed by atoms with Gasteiger partial charge in [0.2, 0.25) is 5.91 Å². The van der Waals surface area contributed by atoms with Crippen LogP contribution in [0, 0.1) is 92.7 Å². The molecule has 1 amide bonds. The fourth-order valence-electron chi connectivity index (χ4n) is 18.3. The maximum absolute atomic E-state index is 13.7. The summed E-state index contributed by atoms with van der Waals surface area (Å²) >= 11 is 0. The summed E-state index contributed by atoms with van der Waals surface area (Å²) in [5.74, 6) is 2.42. The van der Waals surface area contributed by atoms with E-state index in [9.17, 15) is 40.2 Å². The molecule has 0 aliphatic heterocycles. The number of aliphatic hydroxyl groups is 5. The van der Waals surface area contributed by atoms with Crippen LogP contribution in [-0.2, 0) is 9.59 Å². The Morgan fingerprint density at radius 2 is 1.19 bits per heavy atom. The van der Waals surface area contributed by atoms with Crippen molar-refractivity contribution in [1.29, 1.82) is 0 Å². The molecule has 1 unspecified atom stereocenters. The molecular formula is C49H81NO8. The minimum Gasteiger partial charge on any atom is -0.481 e. The highest BCUT2D eigenvalue weighted by molar-refractivity contribution is 5.76. The first-order chi connectivity index (χ1) is 27.4. The molecule has 0 aromatic carbocycles. The Hall–Kier alpha value is -1.26. The van der Waals surface area contributed by atoms with E-state index in [0.29, 0.717) is 31.1 Å². The first-order valence-corrected chi connectivity index (χ1v) is 24.3. The third kappa shape index (κ3) is 6.69. The van der Waals surface area contributed by atoms with E-state index >= 15 is 0 Å². The molecule has 0 radical (unpaired) electrons. The lowest BCUT2D eigenvalue weighted by Gasteiger charge is -2.64. The molecule has 0 bridgehead atoms. The Morgan fingerprint density at radius 3 is 1.84 bits per heavy atom. The highest BCUT2D eigenvalue weighted by atomic mass is 16.4. The fraction of sp³-hybridized carbons (Fsp3) is 0.959. The van der Waals surface area contributed by atoms with Gasteiger partial charge in [-0.15, -0.1) is 0 Å². The van der Waals surface area contributed by atoms with Gasteiger partial charge in [-0.05, 0) is 196 Å². The summed E-state index contributed by atoms with van der Waals surface area (Å²) in [5, 5.41) is 71.2. The van der Waals surface area contributed by atoms with Crippen LogP contribution in [0.15, 0.2) is 0 Å². The summed E-state index contributed by atoms with van der Waals surface area (Å²) in [4.78, 5) is 25.1. The molecule has 0 aromatic heterocycles. The van der Waals surface area contributed by atoms with E-state index in [1.54, 1.807) is 0 Å². The van der Waals surface area contributed by atoms with E-state index in [4.69, 9.17) is 0 Å². The van der Waals surface area contributed by atoms with Gasteiger partial charge >= 0.3 is 5.97 Å². The van der Waals surface area contributed by atoms with E-state index in [2.05, 4.69) is 46.9 Å². The van der Waals surface area contributed by atoms with Crippen LogP contribution in [-0.4, -0.2) is 79.1 Å². The number of carbonyl (C=O) groups excluding carboxylic acids is 1. The summed E-state index contributed by atoms with van der Waals surface area (Å²) in [5.41, 5.74) is -0.474. The zero-order valence-electron chi connectivity index (χ0n) is 36.8. The van der Waals surface area contributed by atoms with E-state index in [0.717, 1.165) is 96.3 Å². The van der Waals surface area contributed by atoms with Gasteiger partial charge in [-0.3, -0.25) is 9.59 Å². The Morgan fingerprint density at radius 1 is 0.638 bits per heavy atom. The fourth-order valence-corrected chi connectivity index (χ4v) is 18.3. The van der Waals surface area contributed by atoms with Crippen LogP contribution in [0.1, 0.15) is 164 Å². The van der Waals surface area contributed by atoms with Crippen molar-refractivity contribution >= 4 is 11.9 Å². The normalized spacial score (nSPS) is 53.2. The third-order valence-corrected chi connectivity index (χ3v) is 21.4. The number of amides is 1. The van der Waals surface area contributed by atoms with Crippen molar-refractivity contribution in [3.63, 3.8) is 0 Å². The van der Waals surface area contributed by atoms with Crippen molar-refractivity contribution in [2.45, 2.75) is 200 Å². The summed E-state index contributed by atoms with van der Waals surface area (Å²) in [6.45, 7) is 13.7. The first-order valence-electron chi connectivity index (χ1n) is 24.3. The topological polar surface area (TPSA) is 168 Å². The number of nitrogens with one attached hydrogen (secondary N) is 1. The molecule has 8 aliphatic carbocycles. The Labute approximate surface area is 349 Å². The van der Waals surface area contributed by atoms with Crippen molar-refractivity contribution < 1.29 is 40.2 Å². The number of aliphatic carboxylic acids is 1. The van der Waals surface area contributed by atoms with Crippen LogP contribution >= 0.6 is 0 Å². The second kappa shape index (κ2) is 15.8. The Balaban J connectivity index is 0.874. The van der Waals surface area contributed by atoms with Crippen LogP contribution in [0.25, 0.3) is 0 Å². The molecule has 0 heterocycles. The van der Waals surface area contributed by atoms with E-state index < -0.39 is 24.3 Å². The zero-order valence-corrected chi connectivity index (χ0v) is 36.8. The Bertz CT molecular complexity index is 1520. The number of carboxylic acid groups (broad SMARTS) is 1.